The summed E-state index contributed by atoms with van der Waals surface area (Å²) in [6.07, 6.45) is 0. The van der Waals surface area contributed by atoms with Crippen LogP contribution in [0.15, 0.2) is 0 Å². The van der Waals surface area contributed by atoms with Gasteiger partial charge in [-0.05, 0) is 0 Å². The normalized spacial score (nSPS) is 6.60. The molecule has 0 aromatic rings. The van der Waals surface area contributed by atoms with E-state index >= 15 is 0 Å². The van der Waals surface area contributed by atoms with Crippen LogP contribution in [0, 0.1) is 0 Å². The first-order valence-electron chi connectivity index (χ1n) is 2.52. The van der Waals surface area contributed by atoms with Gasteiger partial charge in [0.15, 0.2) is 0 Å². The topological polar surface area (TPSA) is 64.1 Å². The molecule has 0 aromatic heterocycles. The summed E-state index contributed by atoms with van der Waals surface area (Å²) in [5.74, 6) is 0. The molecule has 0 fully saturated rings. The average molecular weight is 172 g/mol. The van der Waals surface area contributed by atoms with Gasteiger partial charge in [0.1, 0.15) is 0 Å². The van der Waals surface area contributed by atoms with Crippen LogP contribution in [-0.4, -0.2) is 115 Å². The molecule has 0 aromatic carbocycles. The van der Waals surface area contributed by atoms with E-state index in [1.807, 2.05) is 0 Å². The second kappa shape index (κ2) is 22.6. The Hall–Kier alpha value is 2.88. The van der Waals surface area contributed by atoms with Gasteiger partial charge in [0.25, 0.3) is 0 Å². The molecule has 0 amide bonds. The van der Waals surface area contributed by atoms with Gasteiger partial charge in [-0.15, -0.1) is 0 Å². The Bertz CT molecular complexity index is 34.9. The first kappa shape index (κ1) is 23.1. The minimum Gasteiger partial charge on any atom is -0.329 e. The fourth-order valence-electron chi connectivity index (χ4n) is 0.329. The second-order valence-corrected chi connectivity index (χ2v) is 1.33. The summed E-state index contributed by atoms with van der Waals surface area (Å²) < 4.78 is 0. The fourth-order valence-corrected chi connectivity index (χ4v) is 0.329. The molecule has 6 heteroatoms. The van der Waals surface area contributed by atoms with E-state index in [-0.39, 0.29) is 88.7 Å². The second-order valence-electron chi connectivity index (χ2n) is 1.33. The number of rotatable bonds is 4. The zero-order valence-corrected chi connectivity index (χ0v) is 13.5. The van der Waals surface area contributed by atoms with Gasteiger partial charge in [-0.25, -0.2) is 0 Å². The van der Waals surface area contributed by atoms with Gasteiger partial charge in [0, 0.05) is 115 Å². The maximum Gasteiger partial charge on any atom is 0.00750 e. The molecule has 3 nitrogen and oxygen atoms in total. The summed E-state index contributed by atoms with van der Waals surface area (Å²) in [7, 11) is 0. The molecule has 0 spiro atoms. The van der Waals surface area contributed by atoms with E-state index in [0.717, 1.165) is 13.1 Å². The van der Waals surface area contributed by atoms with Crippen LogP contribution >= 0.6 is 0 Å². The van der Waals surface area contributed by atoms with Gasteiger partial charge in [0.05, 0.1) is 0 Å². The molecule has 0 aliphatic heterocycles. The number of nitrogens with one attached hydrogen (secondary N) is 1. The summed E-state index contributed by atoms with van der Waals surface area (Å²) in [6, 6.07) is 0. The van der Waals surface area contributed by atoms with Crippen LogP contribution in [0.5, 0.6) is 0 Å². The van der Waals surface area contributed by atoms with Crippen molar-refractivity contribution < 1.29 is 0 Å². The molecule has 3 radical (unpaired) electrons. The molecule has 0 bridgehead atoms. The third-order valence-corrected chi connectivity index (χ3v) is 0.642. The first-order valence-corrected chi connectivity index (χ1v) is 2.52. The van der Waals surface area contributed by atoms with E-state index in [0.29, 0.717) is 13.1 Å². The number of hydrogen-bond acceptors (Lipinski definition) is 3. The van der Waals surface area contributed by atoms with Crippen molar-refractivity contribution in [2.45, 2.75) is 0 Å². The monoisotopic (exact) mass is 172 g/mol. The molecule has 0 aliphatic rings. The van der Waals surface area contributed by atoms with Crippen molar-refractivity contribution in [2.75, 3.05) is 26.2 Å². The SMILES string of the molecule is NCCNCCN.[Na].[Na].[Na]. The van der Waals surface area contributed by atoms with Crippen LogP contribution < -0.4 is 16.8 Å². The molecular formula is C4H13N3Na3. The van der Waals surface area contributed by atoms with Crippen LogP contribution in [0.4, 0.5) is 0 Å². The molecule has 0 rings (SSSR count). The van der Waals surface area contributed by atoms with Crippen molar-refractivity contribution in [3.8, 4) is 0 Å². The Kier molecular flexibility index (Phi) is 52.2. The Morgan fingerprint density at radius 2 is 1.10 bits per heavy atom. The smallest absolute Gasteiger partial charge is 0.00750 e. The molecule has 47 valence electrons. The van der Waals surface area contributed by atoms with Gasteiger partial charge in [-0.3, -0.25) is 0 Å². The van der Waals surface area contributed by atoms with Crippen LogP contribution in [0.1, 0.15) is 0 Å². The summed E-state index contributed by atoms with van der Waals surface area (Å²) in [5.41, 5.74) is 10.3. The quantitative estimate of drug-likeness (QED) is 0.320. The van der Waals surface area contributed by atoms with E-state index in [1.54, 1.807) is 0 Å². The minimum atomic E-state index is 0. The Balaban J connectivity index is -0.0000000600. The molecule has 0 saturated carbocycles. The molecule has 0 heterocycles. The zero-order valence-electron chi connectivity index (χ0n) is 7.48. The van der Waals surface area contributed by atoms with Gasteiger partial charge in [-0.2, -0.15) is 0 Å². The van der Waals surface area contributed by atoms with Crippen molar-refractivity contribution in [3.63, 3.8) is 0 Å². The van der Waals surface area contributed by atoms with Crippen LogP contribution in [0.2, 0.25) is 0 Å². The molecule has 10 heavy (non-hydrogen) atoms. The predicted octanol–water partition coefficient (Wildman–Crippen LogP) is -2.65. The minimum absolute atomic E-state index is 0. The van der Waals surface area contributed by atoms with Crippen molar-refractivity contribution in [1.29, 1.82) is 0 Å². The van der Waals surface area contributed by atoms with Crippen LogP contribution in [-0.2, 0) is 0 Å². The standard InChI is InChI=1S/C4H13N3.3Na/c5-1-3-7-4-2-6;;;/h7H,1-6H2;;;. The Morgan fingerprint density at radius 1 is 0.800 bits per heavy atom. The molecule has 5 N–H and O–H groups in total. The molecule has 0 saturated heterocycles. The van der Waals surface area contributed by atoms with Gasteiger partial charge >= 0.3 is 0 Å². The Labute approximate surface area is 129 Å². The van der Waals surface area contributed by atoms with E-state index in [9.17, 15) is 0 Å². The van der Waals surface area contributed by atoms with E-state index < -0.39 is 0 Å². The zero-order chi connectivity index (χ0) is 5.54. The van der Waals surface area contributed by atoms with Crippen LogP contribution in [0.25, 0.3) is 0 Å². The third kappa shape index (κ3) is 22.4. The predicted molar refractivity (Wildman–Crippen MR) is 48.2 cm³/mol. The van der Waals surface area contributed by atoms with Crippen molar-refractivity contribution in [3.05, 3.63) is 0 Å². The van der Waals surface area contributed by atoms with E-state index in [2.05, 4.69) is 5.32 Å². The van der Waals surface area contributed by atoms with Gasteiger partial charge in [0.2, 0.25) is 0 Å². The van der Waals surface area contributed by atoms with Crippen molar-refractivity contribution in [2.24, 2.45) is 11.5 Å². The maximum atomic E-state index is 5.17. The fraction of sp³-hybridized carbons (Fsp3) is 1.00. The third-order valence-electron chi connectivity index (χ3n) is 0.642. The molecular weight excluding hydrogens is 159 g/mol. The van der Waals surface area contributed by atoms with Crippen LogP contribution in [0.3, 0.4) is 0 Å². The molecule has 0 unspecified atom stereocenters. The average Bonchev–Trinajstić information content (AvgIpc) is 1.69. The largest absolute Gasteiger partial charge is 0.329 e. The van der Waals surface area contributed by atoms with E-state index in [4.69, 9.17) is 11.5 Å². The summed E-state index contributed by atoms with van der Waals surface area (Å²) >= 11 is 0. The number of hydrogen-bond donors (Lipinski definition) is 3. The summed E-state index contributed by atoms with van der Waals surface area (Å²) in [6.45, 7) is 3.13. The molecule has 0 aliphatic carbocycles. The van der Waals surface area contributed by atoms with Crippen molar-refractivity contribution >= 4 is 88.7 Å². The Morgan fingerprint density at radius 3 is 1.30 bits per heavy atom. The summed E-state index contributed by atoms with van der Waals surface area (Å²) in [4.78, 5) is 0. The summed E-state index contributed by atoms with van der Waals surface area (Å²) in [5, 5.41) is 3.03. The van der Waals surface area contributed by atoms with Gasteiger partial charge < -0.3 is 16.8 Å². The molecule has 0 atom stereocenters. The number of nitrogens with two attached hydrogens (primary N) is 2. The van der Waals surface area contributed by atoms with E-state index in [1.165, 1.54) is 0 Å². The first-order chi connectivity index (χ1) is 3.41. The maximum absolute atomic E-state index is 5.17. The van der Waals surface area contributed by atoms with Crippen molar-refractivity contribution in [1.82, 2.24) is 5.32 Å². The van der Waals surface area contributed by atoms with Gasteiger partial charge in [-0.1, -0.05) is 0 Å².